The van der Waals surface area contributed by atoms with Crippen molar-refractivity contribution in [2.75, 3.05) is 11.9 Å². The molecule has 0 aliphatic heterocycles. The summed E-state index contributed by atoms with van der Waals surface area (Å²) in [6.45, 7) is 6.47. The van der Waals surface area contributed by atoms with Crippen molar-refractivity contribution in [3.63, 3.8) is 0 Å². The highest BCUT2D eigenvalue weighted by molar-refractivity contribution is 7.89. The molecule has 0 radical (unpaired) electrons. The average Bonchev–Trinajstić information content (AvgIpc) is 2.68. The van der Waals surface area contributed by atoms with E-state index in [4.69, 9.17) is 0 Å². The van der Waals surface area contributed by atoms with Crippen molar-refractivity contribution in [3.05, 3.63) is 59.2 Å². The van der Waals surface area contributed by atoms with E-state index in [-0.39, 0.29) is 10.8 Å². The van der Waals surface area contributed by atoms with Gasteiger partial charge in [0.05, 0.1) is 4.90 Å². The first kappa shape index (κ1) is 21.1. The van der Waals surface area contributed by atoms with Gasteiger partial charge in [-0.15, -0.1) is 0 Å². The number of hydrogen-bond acceptors (Lipinski definition) is 3. The van der Waals surface area contributed by atoms with Crippen LogP contribution in [0.3, 0.4) is 0 Å². The van der Waals surface area contributed by atoms with Crippen LogP contribution in [0.15, 0.2) is 47.4 Å². The summed E-state index contributed by atoms with van der Waals surface area (Å²) in [6, 6.07) is 12.1. The van der Waals surface area contributed by atoms with Crippen molar-refractivity contribution in [2.24, 2.45) is 0 Å². The summed E-state index contributed by atoms with van der Waals surface area (Å²) in [5, 5.41) is 2.97. The molecule has 6 heteroatoms. The number of benzene rings is 2. The number of anilines is 1. The molecule has 27 heavy (non-hydrogen) atoms. The van der Waals surface area contributed by atoms with Gasteiger partial charge in [0.1, 0.15) is 0 Å². The summed E-state index contributed by atoms with van der Waals surface area (Å²) < 4.78 is 27.4. The summed E-state index contributed by atoms with van der Waals surface area (Å²) in [5.41, 5.74) is 3.27. The third-order valence-corrected chi connectivity index (χ3v) is 5.93. The van der Waals surface area contributed by atoms with E-state index in [1.54, 1.807) is 12.1 Å². The first-order chi connectivity index (χ1) is 12.9. The van der Waals surface area contributed by atoms with E-state index in [0.717, 1.165) is 42.5 Å². The minimum absolute atomic E-state index is 0.103. The SMILES string of the molecule is CCCCNS(=O)(=O)c1cccc(C(=O)Nc2c(CC)cccc2CC)c1. The Labute approximate surface area is 162 Å². The third-order valence-electron chi connectivity index (χ3n) is 4.47. The smallest absolute Gasteiger partial charge is 0.255 e. The second-order valence-corrected chi connectivity index (χ2v) is 8.16. The fraction of sp³-hybridized carbons (Fsp3) is 0.381. The van der Waals surface area contributed by atoms with Crippen LogP contribution in [0.5, 0.6) is 0 Å². The summed E-state index contributed by atoms with van der Waals surface area (Å²) in [4.78, 5) is 12.9. The number of carbonyl (C=O) groups excluding carboxylic acids is 1. The number of sulfonamides is 1. The molecule has 0 aliphatic carbocycles. The fourth-order valence-corrected chi connectivity index (χ4v) is 3.98. The topological polar surface area (TPSA) is 75.3 Å². The molecular weight excluding hydrogens is 360 g/mol. The Kier molecular flexibility index (Phi) is 7.56. The maximum absolute atomic E-state index is 12.8. The van der Waals surface area contributed by atoms with Gasteiger partial charge in [0.25, 0.3) is 5.91 Å². The lowest BCUT2D eigenvalue weighted by atomic mass is 10.0. The third kappa shape index (κ3) is 5.40. The molecule has 0 spiro atoms. The van der Waals surface area contributed by atoms with Gasteiger partial charge in [-0.2, -0.15) is 0 Å². The largest absolute Gasteiger partial charge is 0.321 e. The number of aryl methyl sites for hydroxylation is 2. The molecular formula is C21H28N2O3S. The minimum Gasteiger partial charge on any atom is -0.321 e. The first-order valence-corrected chi connectivity index (χ1v) is 10.9. The monoisotopic (exact) mass is 388 g/mol. The minimum atomic E-state index is -3.62. The standard InChI is InChI=1S/C21H28N2O3S/c1-4-7-14-22-27(25,26)19-13-9-12-18(15-19)21(24)23-20-16(5-2)10-8-11-17(20)6-3/h8-13,15,22H,4-7,14H2,1-3H3,(H,23,24). The molecule has 2 aromatic carbocycles. The molecule has 0 aromatic heterocycles. The molecule has 0 atom stereocenters. The highest BCUT2D eigenvalue weighted by Gasteiger charge is 2.17. The number of para-hydroxylation sites is 1. The van der Waals surface area contributed by atoms with Crippen LogP contribution in [0.1, 0.15) is 55.1 Å². The molecule has 0 saturated heterocycles. The number of unbranched alkanes of at least 4 members (excludes halogenated alkanes) is 1. The fourth-order valence-electron chi connectivity index (χ4n) is 2.86. The Morgan fingerprint density at radius 3 is 2.19 bits per heavy atom. The second kappa shape index (κ2) is 9.67. The van der Waals surface area contributed by atoms with Crippen molar-refractivity contribution in [1.82, 2.24) is 4.72 Å². The van der Waals surface area contributed by atoms with Gasteiger partial charge in [-0.05, 0) is 48.6 Å². The lowest BCUT2D eigenvalue weighted by Gasteiger charge is -2.15. The average molecular weight is 389 g/mol. The Morgan fingerprint density at radius 1 is 0.963 bits per heavy atom. The summed E-state index contributed by atoms with van der Waals surface area (Å²) in [7, 11) is -3.62. The van der Waals surface area contributed by atoms with Crippen LogP contribution in [0.2, 0.25) is 0 Å². The van der Waals surface area contributed by atoms with Crippen molar-refractivity contribution in [1.29, 1.82) is 0 Å². The van der Waals surface area contributed by atoms with Gasteiger partial charge in [0, 0.05) is 17.8 Å². The molecule has 0 unspecified atom stereocenters. The Bertz CT molecular complexity index is 870. The number of hydrogen-bond donors (Lipinski definition) is 2. The Morgan fingerprint density at radius 2 is 1.59 bits per heavy atom. The molecule has 2 N–H and O–H groups in total. The van der Waals surface area contributed by atoms with E-state index in [9.17, 15) is 13.2 Å². The van der Waals surface area contributed by atoms with Gasteiger partial charge in [-0.25, -0.2) is 13.1 Å². The van der Waals surface area contributed by atoms with Gasteiger partial charge in [0.2, 0.25) is 10.0 Å². The molecule has 146 valence electrons. The van der Waals surface area contributed by atoms with E-state index >= 15 is 0 Å². The van der Waals surface area contributed by atoms with Crippen molar-refractivity contribution >= 4 is 21.6 Å². The molecule has 2 aromatic rings. The van der Waals surface area contributed by atoms with Crippen LogP contribution in [0.25, 0.3) is 0 Å². The predicted octanol–water partition coefficient (Wildman–Crippen LogP) is 4.14. The molecule has 0 aliphatic rings. The molecule has 0 fully saturated rings. The highest BCUT2D eigenvalue weighted by Crippen LogP contribution is 2.23. The normalized spacial score (nSPS) is 11.4. The lowest BCUT2D eigenvalue weighted by molar-refractivity contribution is 0.102. The van der Waals surface area contributed by atoms with Gasteiger partial charge < -0.3 is 5.32 Å². The van der Waals surface area contributed by atoms with Crippen LogP contribution < -0.4 is 10.0 Å². The van der Waals surface area contributed by atoms with Gasteiger partial charge in [-0.1, -0.05) is 51.5 Å². The zero-order valence-corrected chi connectivity index (χ0v) is 17.0. The van der Waals surface area contributed by atoms with Crippen LogP contribution in [-0.4, -0.2) is 20.9 Å². The number of amides is 1. The molecule has 0 heterocycles. The van der Waals surface area contributed by atoms with Crippen LogP contribution in [-0.2, 0) is 22.9 Å². The summed E-state index contributed by atoms with van der Waals surface area (Å²) in [5.74, 6) is -0.309. The molecule has 1 amide bonds. The molecule has 5 nitrogen and oxygen atoms in total. The first-order valence-electron chi connectivity index (χ1n) is 9.44. The van der Waals surface area contributed by atoms with E-state index in [1.165, 1.54) is 12.1 Å². The summed E-state index contributed by atoms with van der Waals surface area (Å²) in [6.07, 6.45) is 3.28. The van der Waals surface area contributed by atoms with Crippen LogP contribution in [0.4, 0.5) is 5.69 Å². The van der Waals surface area contributed by atoms with E-state index in [2.05, 4.69) is 10.0 Å². The summed E-state index contributed by atoms with van der Waals surface area (Å²) >= 11 is 0. The van der Waals surface area contributed by atoms with Crippen molar-refractivity contribution in [3.8, 4) is 0 Å². The number of nitrogens with one attached hydrogen (secondary N) is 2. The van der Waals surface area contributed by atoms with Crippen molar-refractivity contribution in [2.45, 2.75) is 51.3 Å². The van der Waals surface area contributed by atoms with Crippen LogP contribution >= 0.6 is 0 Å². The molecule has 0 saturated carbocycles. The maximum Gasteiger partial charge on any atom is 0.255 e. The van der Waals surface area contributed by atoms with E-state index in [1.807, 2.05) is 39.0 Å². The Hall–Kier alpha value is -2.18. The number of rotatable bonds is 9. The zero-order chi connectivity index (χ0) is 19.9. The second-order valence-electron chi connectivity index (χ2n) is 6.39. The molecule has 0 bridgehead atoms. The predicted molar refractivity (Wildman–Crippen MR) is 110 cm³/mol. The van der Waals surface area contributed by atoms with Gasteiger partial charge in [-0.3, -0.25) is 4.79 Å². The Balaban J connectivity index is 2.26. The molecule has 2 rings (SSSR count). The van der Waals surface area contributed by atoms with Crippen LogP contribution in [0, 0.1) is 0 Å². The van der Waals surface area contributed by atoms with Crippen molar-refractivity contribution < 1.29 is 13.2 Å². The zero-order valence-electron chi connectivity index (χ0n) is 16.2. The number of carbonyl (C=O) groups is 1. The maximum atomic E-state index is 12.8. The quantitative estimate of drug-likeness (QED) is 0.634. The van der Waals surface area contributed by atoms with Gasteiger partial charge >= 0.3 is 0 Å². The lowest BCUT2D eigenvalue weighted by Crippen LogP contribution is -2.25. The van der Waals surface area contributed by atoms with Gasteiger partial charge in [0.15, 0.2) is 0 Å². The highest BCUT2D eigenvalue weighted by atomic mass is 32.2. The van der Waals surface area contributed by atoms with E-state index in [0.29, 0.717) is 12.1 Å². The van der Waals surface area contributed by atoms with E-state index < -0.39 is 10.0 Å².